The Balaban J connectivity index is 2.02. The Morgan fingerprint density at radius 1 is 1.04 bits per heavy atom. The van der Waals surface area contributed by atoms with Crippen molar-refractivity contribution in [3.8, 4) is 0 Å². The molecule has 2 rings (SSSR count). The molecular formula is C17H34N4O4S. The highest BCUT2D eigenvalue weighted by Gasteiger charge is 2.41. The van der Waals surface area contributed by atoms with Crippen LogP contribution in [0.2, 0.25) is 0 Å². The normalized spacial score (nSPS) is 26.9. The van der Waals surface area contributed by atoms with Gasteiger partial charge >= 0.3 is 0 Å². The minimum atomic E-state index is -3.53. The fourth-order valence-corrected chi connectivity index (χ4v) is 5.62. The van der Waals surface area contributed by atoms with E-state index < -0.39 is 15.6 Å². The molecule has 2 N–H and O–H groups in total. The Morgan fingerprint density at radius 3 is 1.96 bits per heavy atom. The Kier molecular flexibility index (Phi) is 7.06. The molecule has 2 heterocycles. The van der Waals surface area contributed by atoms with Crippen LogP contribution in [0.4, 0.5) is 0 Å². The zero-order valence-electron chi connectivity index (χ0n) is 16.5. The largest absolute Gasteiger partial charge is 0.373 e. The molecule has 2 unspecified atom stereocenters. The smallest absolute Gasteiger partial charge is 0.282 e. The number of hydrogen-bond acceptors (Lipinski definition) is 5. The van der Waals surface area contributed by atoms with Gasteiger partial charge in [0.15, 0.2) is 0 Å². The van der Waals surface area contributed by atoms with Gasteiger partial charge in [-0.2, -0.15) is 17.0 Å². The van der Waals surface area contributed by atoms with Crippen LogP contribution in [0, 0.1) is 5.41 Å². The predicted octanol–water partition coefficient (Wildman–Crippen LogP) is 0.250. The summed E-state index contributed by atoms with van der Waals surface area (Å²) in [6, 6.07) is 0. The maximum absolute atomic E-state index is 12.9. The first-order chi connectivity index (χ1) is 12.2. The van der Waals surface area contributed by atoms with Crippen LogP contribution in [0.25, 0.3) is 0 Å². The minimum Gasteiger partial charge on any atom is -0.373 e. The quantitative estimate of drug-likeness (QED) is 0.701. The molecule has 8 nitrogen and oxygen atoms in total. The zero-order chi connectivity index (χ0) is 19.5. The Bertz CT molecular complexity index is 567. The van der Waals surface area contributed by atoms with Gasteiger partial charge in [0.1, 0.15) is 0 Å². The number of piperazine rings is 1. The minimum absolute atomic E-state index is 0.0515. The van der Waals surface area contributed by atoms with Crippen molar-refractivity contribution < 1.29 is 17.9 Å². The second kappa shape index (κ2) is 8.52. The molecule has 2 aliphatic heterocycles. The molecule has 0 radical (unpaired) electrons. The maximum atomic E-state index is 12.9. The van der Waals surface area contributed by atoms with Gasteiger partial charge in [0.2, 0.25) is 5.91 Å². The number of amides is 1. The fraction of sp³-hybridized carbons (Fsp3) is 0.941. The van der Waals surface area contributed by atoms with Crippen molar-refractivity contribution in [2.24, 2.45) is 11.1 Å². The van der Waals surface area contributed by atoms with Gasteiger partial charge in [0, 0.05) is 45.8 Å². The van der Waals surface area contributed by atoms with Crippen LogP contribution in [0.3, 0.4) is 0 Å². The van der Waals surface area contributed by atoms with Crippen molar-refractivity contribution in [3.63, 3.8) is 0 Å². The molecule has 0 aliphatic carbocycles. The monoisotopic (exact) mass is 390 g/mol. The lowest BCUT2D eigenvalue weighted by Crippen LogP contribution is -2.59. The third-order valence-corrected chi connectivity index (χ3v) is 7.73. The average Bonchev–Trinajstić information content (AvgIpc) is 2.63. The molecule has 1 amide bonds. The number of nitrogens with zero attached hydrogens (tertiary/aromatic N) is 3. The molecule has 0 saturated carbocycles. The maximum Gasteiger partial charge on any atom is 0.282 e. The summed E-state index contributed by atoms with van der Waals surface area (Å²) in [7, 11) is -3.53. The first kappa shape index (κ1) is 21.6. The van der Waals surface area contributed by atoms with E-state index in [1.165, 1.54) is 8.61 Å². The van der Waals surface area contributed by atoms with Gasteiger partial charge in [-0.3, -0.25) is 4.79 Å². The highest BCUT2D eigenvalue weighted by molar-refractivity contribution is 7.86. The molecule has 152 valence electrons. The molecule has 2 atom stereocenters. The number of carbonyl (C=O) groups is 1. The number of rotatable bonds is 6. The predicted molar refractivity (Wildman–Crippen MR) is 101 cm³/mol. The highest BCUT2D eigenvalue weighted by Crippen LogP contribution is 2.29. The summed E-state index contributed by atoms with van der Waals surface area (Å²) >= 11 is 0. The topological polar surface area (TPSA) is 96.2 Å². The third kappa shape index (κ3) is 4.22. The number of nitrogens with two attached hydrogens (primary N) is 1. The van der Waals surface area contributed by atoms with E-state index >= 15 is 0 Å². The van der Waals surface area contributed by atoms with E-state index in [0.29, 0.717) is 58.7 Å². The van der Waals surface area contributed by atoms with Crippen LogP contribution in [0.1, 0.15) is 40.5 Å². The second-order valence-corrected chi connectivity index (χ2v) is 9.39. The molecule has 0 aromatic rings. The lowest BCUT2D eigenvalue weighted by molar-refractivity contribution is -0.143. The summed E-state index contributed by atoms with van der Waals surface area (Å²) < 4.78 is 34.5. The molecule has 2 saturated heterocycles. The average molecular weight is 391 g/mol. The lowest BCUT2D eigenvalue weighted by Gasteiger charge is -2.42. The number of morpholine rings is 1. The molecule has 0 bridgehead atoms. The van der Waals surface area contributed by atoms with Gasteiger partial charge < -0.3 is 15.4 Å². The van der Waals surface area contributed by atoms with Crippen LogP contribution < -0.4 is 5.73 Å². The highest BCUT2D eigenvalue weighted by atomic mass is 32.2. The van der Waals surface area contributed by atoms with Crippen LogP contribution in [0.5, 0.6) is 0 Å². The van der Waals surface area contributed by atoms with Crippen LogP contribution in [0.15, 0.2) is 0 Å². The van der Waals surface area contributed by atoms with Crippen molar-refractivity contribution >= 4 is 16.1 Å². The summed E-state index contributed by atoms with van der Waals surface area (Å²) in [6.45, 7) is 10.3. The molecule has 26 heavy (non-hydrogen) atoms. The molecule has 2 aliphatic rings. The summed E-state index contributed by atoms with van der Waals surface area (Å²) in [4.78, 5) is 14.7. The summed E-state index contributed by atoms with van der Waals surface area (Å²) in [5, 5.41) is 0. The van der Waals surface area contributed by atoms with Crippen LogP contribution >= 0.6 is 0 Å². The lowest BCUT2D eigenvalue weighted by atomic mass is 9.81. The number of carbonyl (C=O) groups excluding carboxylic acids is 1. The number of ether oxygens (including phenoxy) is 1. The van der Waals surface area contributed by atoms with E-state index in [4.69, 9.17) is 10.5 Å². The van der Waals surface area contributed by atoms with E-state index in [1.54, 1.807) is 4.90 Å². The number of hydrogen-bond donors (Lipinski definition) is 1. The van der Waals surface area contributed by atoms with Gasteiger partial charge in [0.05, 0.1) is 17.6 Å². The van der Waals surface area contributed by atoms with Crippen molar-refractivity contribution in [2.75, 3.05) is 45.8 Å². The molecule has 0 spiro atoms. The van der Waals surface area contributed by atoms with Crippen molar-refractivity contribution in [3.05, 3.63) is 0 Å². The van der Waals surface area contributed by atoms with E-state index in [2.05, 4.69) is 0 Å². The molecule has 0 aromatic heterocycles. The van der Waals surface area contributed by atoms with Crippen LogP contribution in [-0.2, 0) is 19.7 Å². The Morgan fingerprint density at radius 2 is 1.54 bits per heavy atom. The SMILES string of the molecule is CCC(CC)(CN)C(=O)N1CCN(S(=O)(=O)N2CC(C)OC(C)C2)CC1. The fourth-order valence-electron chi connectivity index (χ4n) is 3.87. The Hall–Kier alpha value is -0.740. The van der Waals surface area contributed by atoms with Gasteiger partial charge in [-0.15, -0.1) is 0 Å². The molecule has 9 heteroatoms. The summed E-state index contributed by atoms with van der Waals surface area (Å²) in [5.41, 5.74) is 5.35. The first-order valence-corrected chi connectivity index (χ1v) is 11.0. The van der Waals surface area contributed by atoms with Crippen molar-refractivity contribution in [2.45, 2.75) is 52.7 Å². The molecule has 0 aromatic carbocycles. The van der Waals surface area contributed by atoms with Gasteiger partial charge in [-0.1, -0.05) is 13.8 Å². The van der Waals surface area contributed by atoms with E-state index in [0.717, 1.165) is 0 Å². The van der Waals surface area contributed by atoms with Gasteiger partial charge in [0.25, 0.3) is 10.2 Å². The summed E-state index contributed by atoms with van der Waals surface area (Å²) in [5.74, 6) is 0.0515. The summed E-state index contributed by atoms with van der Waals surface area (Å²) in [6.07, 6.45) is 1.16. The standard InChI is InChI=1S/C17H34N4O4S/c1-5-17(6-2,13-18)16(22)19-7-9-20(10-8-19)26(23,24)21-11-14(3)25-15(4)12-21/h14-15H,5-13,18H2,1-4H3. The first-order valence-electron chi connectivity index (χ1n) is 9.60. The van der Waals surface area contributed by atoms with Crippen molar-refractivity contribution in [1.29, 1.82) is 0 Å². The van der Waals surface area contributed by atoms with Gasteiger partial charge in [-0.05, 0) is 26.7 Å². The zero-order valence-corrected chi connectivity index (χ0v) is 17.3. The van der Waals surface area contributed by atoms with E-state index in [1.807, 2.05) is 27.7 Å². The molecule has 2 fully saturated rings. The second-order valence-electron chi connectivity index (χ2n) is 7.46. The Labute approximate surface area is 157 Å². The van der Waals surface area contributed by atoms with Gasteiger partial charge in [-0.25, -0.2) is 0 Å². The van der Waals surface area contributed by atoms with Crippen molar-refractivity contribution in [1.82, 2.24) is 13.5 Å². The molecular weight excluding hydrogens is 356 g/mol. The van der Waals surface area contributed by atoms with E-state index in [-0.39, 0.29) is 18.1 Å². The third-order valence-electron chi connectivity index (χ3n) is 5.76. The van der Waals surface area contributed by atoms with E-state index in [9.17, 15) is 13.2 Å². The van der Waals surface area contributed by atoms with Crippen LogP contribution in [-0.4, -0.2) is 85.9 Å².